The number of nitrogens with two attached hydrogens (primary N) is 1. The molecule has 94 valence electrons. The lowest BCUT2D eigenvalue weighted by Gasteiger charge is -2.18. The normalized spacial score (nSPS) is 19.3. The maximum absolute atomic E-state index is 6.21. The lowest BCUT2D eigenvalue weighted by Crippen LogP contribution is -2.40. The smallest absolute Gasteiger partial charge is 0.138 e. The van der Waals surface area contributed by atoms with Crippen molar-refractivity contribution in [3.05, 3.63) is 42.0 Å². The molecule has 2 heterocycles. The van der Waals surface area contributed by atoms with Crippen molar-refractivity contribution in [2.24, 2.45) is 12.8 Å². The molecule has 0 radical (unpaired) electrons. The summed E-state index contributed by atoms with van der Waals surface area (Å²) in [6.07, 6.45) is 3.12. The molecule has 0 fully saturated rings. The first-order valence-electron chi connectivity index (χ1n) is 6.07. The van der Waals surface area contributed by atoms with Crippen LogP contribution in [-0.2, 0) is 19.9 Å². The molecule has 0 saturated heterocycles. The number of fused-ring (bicyclic) bond motifs is 1. The maximum Gasteiger partial charge on any atom is 0.138 e. The molecule has 5 nitrogen and oxygen atoms in total. The van der Waals surface area contributed by atoms with E-state index in [1.165, 1.54) is 5.56 Å². The minimum Gasteiger partial charge on any atom is -0.488 e. The van der Waals surface area contributed by atoms with Crippen LogP contribution in [0.5, 0.6) is 5.75 Å². The SMILES string of the molecule is Cn1ncnc1CC(N)C1Cc2ccccc2O1. The van der Waals surface area contributed by atoms with E-state index < -0.39 is 0 Å². The number of hydrogen-bond acceptors (Lipinski definition) is 4. The molecule has 3 rings (SSSR count). The Morgan fingerprint density at radius 3 is 3.06 bits per heavy atom. The Morgan fingerprint density at radius 2 is 2.33 bits per heavy atom. The minimum absolute atomic E-state index is 0.0269. The second-order valence-electron chi connectivity index (χ2n) is 4.64. The number of hydrogen-bond donors (Lipinski definition) is 1. The van der Waals surface area contributed by atoms with Crippen LogP contribution in [0.3, 0.4) is 0 Å². The van der Waals surface area contributed by atoms with E-state index in [0.717, 1.165) is 18.0 Å². The van der Waals surface area contributed by atoms with Crippen LogP contribution >= 0.6 is 0 Å². The molecule has 2 N–H and O–H groups in total. The molecule has 2 atom stereocenters. The monoisotopic (exact) mass is 244 g/mol. The Hall–Kier alpha value is -1.88. The van der Waals surface area contributed by atoms with E-state index in [2.05, 4.69) is 16.1 Å². The minimum atomic E-state index is -0.0692. The predicted octanol–water partition coefficient (Wildman–Crippen LogP) is 0.689. The van der Waals surface area contributed by atoms with Gasteiger partial charge in [-0.1, -0.05) is 18.2 Å². The fraction of sp³-hybridized carbons (Fsp3) is 0.385. The van der Waals surface area contributed by atoms with Gasteiger partial charge in [0.2, 0.25) is 0 Å². The van der Waals surface area contributed by atoms with Crippen molar-refractivity contribution in [1.29, 1.82) is 0 Å². The highest BCUT2D eigenvalue weighted by Gasteiger charge is 2.28. The van der Waals surface area contributed by atoms with Crippen molar-refractivity contribution in [1.82, 2.24) is 14.8 Å². The second kappa shape index (κ2) is 4.42. The summed E-state index contributed by atoms with van der Waals surface area (Å²) in [6.45, 7) is 0. The van der Waals surface area contributed by atoms with E-state index in [0.29, 0.717) is 6.42 Å². The van der Waals surface area contributed by atoms with E-state index in [1.54, 1.807) is 11.0 Å². The summed E-state index contributed by atoms with van der Waals surface area (Å²) in [4.78, 5) is 4.19. The van der Waals surface area contributed by atoms with Gasteiger partial charge in [-0.3, -0.25) is 4.68 Å². The van der Waals surface area contributed by atoms with Gasteiger partial charge in [0.1, 0.15) is 24.0 Å². The fourth-order valence-corrected chi connectivity index (χ4v) is 2.29. The van der Waals surface area contributed by atoms with Crippen LogP contribution in [0.4, 0.5) is 0 Å². The molecular formula is C13H16N4O. The Bertz CT molecular complexity index is 526. The first-order chi connectivity index (χ1) is 8.74. The Labute approximate surface area is 106 Å². The van der Waals surface area contributed by atoms with Crippen molar-refractivity contribution in [2.45, 2.75) is 25.0 Å². The van der Waals surface area contributed by atoms with Gasteiger partial charge in [-0.25, -0.2) is 4.98 Å². The summed E-state index contributed by atoms with van der Waals surface area (Å²) < 4.78 is 7.63. The lowest BCUT2D eigenvalue weighted by molar-refractivity contribution is 0.196. The number of para-hydroxylation sites is 1. The number of nitrogens with zero attached hydrogens (tertiary/aromatic N) is 3. The standard InChI is InChI=1S/C13H16N4O/c1-17-13(15-8-16-17)7-10(14)12-6-9-4-2-3-5-11(9)18-12/h2-5,8,10,12H,6-7,14H2,1H3. The lowest BCUT2D eigenvalue weighted by atomic mass is 10.0. The third-order valence-electron chi connectivity index (χ3n) is 3.37. The van der Waals surface area contributed by atoms with Crippen LogP contribution in [0.15, 0.2) is 30.6 Å². The zero-order chi connectivity index (χ0) is 12.5. The molecule has 0 saturated carbocycles. The van der Waals surface area contributed by atoms with Gasteiger partial charge in [-0.15, -0.1) is 0 Å². The summed E-state index contributed by atoms with van der Waals surface area (Å²) in [5.74, 6) is 1.85. The van der Waals surface area contributed by atoms with Gasteiger partial charge in [0, 0.05) is 25.9 Å². The summed E-state index contributed by atoms with van der Waals surface area (Å²) in [6, 6.07) is 8.02. The van der Waals surface area contributed by atoms with E-state index >= 15 is 0 Å². The number of benzene rings is 1. The zero-order valence-corrected chi connectivity index (χ0v) is 10.3. The van der Waals surface area contributed by atoms with Gasteiger partial charge in [0.25, 0.3) is 0 Å². The molecule has 2 unspecified atom stereocenters. The third kappa shape index (κ3) is 1.97. The van der Waals surface area contributed by atoms with Gasteiger partial charge >= 0.3 is 0 Å². The second-order valence-corrected chi connectivity index (χ2v) is 4.64. The topological polar surface area (TPSA) is 66.0 Å². The van der Waals surface area contributed by atoms with E-state index in [1.807, 2.05) is 25.2 Å². The molecule has 1 aromatic heterocycles. The van der Waals surface area contributed by atoms with Crippen LogP contribution in [-0.4, -0.2) is 26.9 Å². The molecule has 5 heteroatoms. The molecular weight excluding hydrogens is 228 g/mol. The van der Waals surface area contributed by atoms with Crippen LogP contribution in [0.2, 0.25) is 0 Å². The number of aromatic nitrogens is 3. The van der Waals surface area contributed by atoms with E-state index in [-0.39, 0.29) is 12.1 Å². The highest BCUT2D eigenvalue weighted by molar-refractivity contribution is 5.37. The van der Waals surface area contributed by atoms with Crippen LogP contribution in [0.25, 0.3) is 0 Å². The molecule has 1 aliphatic heterocycles. The molecule has 18 heavy (non-hydrogen) atoms. The van der Waals surface area contributed by atoms with Crippen LogP contribution < -0.4 is 10.5 Å². The molecule has 1 aliphatic rings. The third-order valence-corrected chi connectivity index (χ3v) is 3.37. The largest absolute Gasteiger partial charge is 0.488 e. The quantitative estimate of drug-likeness (QED) is 0.862. The Morgan fingerprint density at radius 1 is 1.50 bits per heavy atom. The Kier molecular flexibility index (Phi) is 2.76. The number of aryl methyl sites for hydroxylation is 1. The van der Waals surface area contributed by atoms with Gasteiger partial charge in [0.15, 0.2) is 0 Å². The maximum atomic E-state index is 6.21. The average Bonchev–Trinajstić information content (AvgIpc) is 2.96. The van der Waals surface area contributed by atoms with Crippen molar-refractivity contribution < 1.29 is 4.74 Å². The first kappa shape index (κ1) is 11.2. The highest BCUT2D eigenvalue weighted by Crippen LogP contribution is 2.29. The van der Waals surface area contributed by atoms with Crippen molar-refractivity contribution in [3.8, 4) is 5.75 Å². The zero-order valence-electron chi connectivity index (χ0n) is 10.3. The molecule has 1 aromatic carbocycles. The van der Waals surface area contributed by atoms with Gasteiger partial charge in [-0.05, 0) is 11.6 Å². The average molecular weight is 244 g/mol. The van der Waals surface area contributed by atoms with Crippen molar-refractivity contribution >= 4 is 0 Å². The van der Waals surface area contributed by atoms with Crippen LogP contribution in [0.1, 0.15) is 11.4 Å². The first-order valence-corrected chi connectivity index (χ1v) is 6.07. The summed E-state index contributed by atoms with van der Waals surface area (Å²) >= 11 is 0. The summed E-state index contributed by atoms with van der Waals surface area (Å²) in [5, 5.41) is 4.04. The highest BCUT2D eigenvalue weighted by atomic mass is 16.5. The van der Waals surface area contributed by atoms with Crippen molar-refractivity contribution in [2.75, 3.05) is 0 Å². The van der Waals surface area contributed by atoms with Gasteiger partial charge < -0.3 is 10.5 Å². The van der Waals surface area contributed by atoms with Crippen LogP contribution in [0, 0.1) is 0 Å². The van der Waals surface area contributed by atoms with Gasteiger partial charge in [-0.2, -0.15) is 5.10 Å². The summed E-state index contributed by atoms with van der Waals surface area (Å²) in [7, 11) is 1.87. The number of rotatable bonds is 3. The van der Waals surface area contributed by atoms with E-state index in [9.17, 15) is 0 Å². The molecule has 0 aliphatic carbocycles. The van der Waals surface area contributed by atoms with Gasteiger partial charge in [0.05, 0.1) is 0 Å². The van der Waals surface area contributed by atoms with Crippen molar-refractivity contribution in [3.63, 3.8) is 0 Å². The summed E-state index contributed by atoms with van der Waals surface area (Å²) in [5.41, 5.74) is 7.44. The predicted molar refractivity (Wildman–Crippen MR) is 67.2 cm³/mol. The molecule has 0 amide bonds. The molecule has 2 aromatic rings. The van der Waals surface area contributed by atoms with E-state index in [4.69, 9.17) is 10.5 Å². The Balaban J connectivity index is 1.69. The molecule has 0 spiro atoms. The fourth-order valence-electron chi connectivity index (χ4n) is 2.29. The molecule has 0 bridgehead atoms. The number of ether oxygens (including phenoxy) is 1.